The maximum Gasteiger partial charge on any atom is 0.0448 e. The van der Waals surface area contributed by atoms with E-state index in [-0.39, 0.29) is 0 Å². The predicted molar refractivity (Wildman–Crippen MR) is 43.9 cm³/mol. The molecule has 0 amide bonds. The molecule has 0 aliphatic heterocycles. The fourth-order valence-corrected chi connectivity index (χ4v) is 1.14. The van der Waals surface area contributed by atoms with Crippen molar-refractivity contribution in [2.45, 2.75) is 19.8 Å². The average molecular weight is 151 g/mol. The third-order valence-electron chi connectivity index (χ3n) is 1.08. The van der Waals surface area contributed by atoms with Crippen molar-refractivity contribution in [1.29, 1.82) is 0 Å². The standard InChI is InChI=1S/C8H9NS/c1-2-3-4-5-8-6-9-10-7-8/h6-7H,2,5H2,1H3. The lowest BCUT2D eigenvalue weighted by molar-refractivity contribution is 1.25. The van der Waals surface area contributed by atoms with Crippen LogP contribution in [-0.2, 0) is 6.42 Å². The van der Waals surface area contributed by atoms with Crippen molar-refractivity contribution in [2.75, 3.05) is 0 Å². The summed E-state index contributed by atoms with van der Waals surface area (Å²) in [4.78, 5) is 0. The SMILES string of the molecule is CCC#CCc1cnsc1. The van der Waals surface area contributed by atoms with Crippen LogP contribution in [0.4, 0.5) is 0 Å². The van der Waals surface area contributed by atoms with E-state index < -0.39 is 0 Å². The van der Waals surface area contributed by atoms with Gasteiger partial charge in [0.05, 0.1) is 0 Å². The van der Waals surface area contributed by atoms with Crippen LogP contribution < -0.4 is 0 Å². The summed E-state index contributed by atoms with van der Waals surface area (Å²) in [5.41, 5.74) is 1.23. The van der Waals surface area contributed by atoms with Gasteiger partial charge in [-0.3, -0.25) is 0 Å². The Morgan fingerprint density at radius 2 is 2.50 bits per heavy atom. The van der Waals surface area contributed by atoms with E-state index >= 15 is 0 Å². The largest absolute Gasteiger partial charge is 0.201 e. The Bertz CT molecular complexity index is 228. The summed E-state index contributed by atoms with van der Waals surface area (Å²) >= 11 is 1.48. The summed E-state index contributed by atoms with van der Waals surface area (Å²) in [5.74, 6) is 6.07. The second-order valence-corrected chi connectivity index (χ2v) is 2.57. The maximum absolute atomic E-state index is 3.97. The highest BCUT2D eigenvalue weighted by atomic mass is 32.1. The third-order valence-corrected chi connectivity index (χ3v) is 1.71. The van der Waals surface area contributed by atoms with Crippen LogP contribution >= 0.6 is 11.5 Å². The van der Waals surface area contributed by atoms with E-state index in [2.05, 4.69) is 23.1 Å². The molecule has 0 saturated heterocycles. The molecule has 0 atom stereocenters. The zero-order valence-electron chi connectivity index (χ0n) is 5.92. The summed E-state index contributed by atoms with van der Waals surface area (Å²) in [6.45, 7) is 2.05. The summed E-state index contributed by atoms with van der Waals surface area (Å²) in [6, 6.07) is 0. The molecule has 0 fully saturated rings. The lowest BCUT2D eigenvalue weighted by atomic mass is 10.3. The van der Waals surface area contributed by atoms with Crippen LogP contribution in [0, 0.1) is 11.8 Å². The molecule has 2 heteroatoms. The van der Waals surface area contributed by atoms with Crippen molar-refractivity contribution in [3.05, 3.63) is 17.1 Å². The van der Waals surface area contributed by atoms with Crippen molar-refractivity contribution in [2.24, 2.45) is 0 Å². The van der Waals surface area contributed by atoms with E-state index in [0.29, 0.717) is 0 Å². The zero-order valence-corrected chi connectivity index (χ0v) is 6.74. The van der Waals surface area contributed by atoms with Gasteiger partial charge in [-0.15, -0.1) is 5.92 Å². The smallest absolute Gasteiger partial charge is 0.0448 e. The molecule has 0 bridgehead atoms. The molecule has 10 heavy (non-hydrogen) atoms. The van der Waals surface area contributed by atoms with Crippen molar-refractivity contribution in [3.63, 3.8) is 0 Å². The van der Waals surface area contributed by atoms with E-state index in [0.717, 1.165) is 12.8 Å². The first kappa shape index (κ1) is 7.30. The molecule has 0 radical (unpaired) electrons. The molecule has 1 aromatic rings. The van der Waals surface area contributed by atoms with Gasteiger partial charge in [0, 0.05) is 24.4 Å². The van der Waals surface area contributed by atoms with E-state index in [4.69, 9.17) is 0 Å². The molecule has 0 spiro atoms. The van der Waals surface area contributed by atoms with Gasteiger partial charge in [-0.2, -0.15) is 0 Å². The number of hydrogen-bond acceptors (Lipinski definition) is 2. The third kappa shape index (κ3) is 2.20. The summed E-state index contributed by atoms with van der Waals surface area (Å²) in [5, 5.41) is 2.03. The minimum atomic E-state index is 0.852. The Hall–Kier alpha value is -0.810. The molecule has 0 saturated carbocycles. The molecular weight excluding hydrogens is 142 g/mol. The Morgan fingerprint density at radius 1 is 1.60 bits per heavy atom. The van der Waals surface area contributed by atoms with Crippen molar-refractivity contribution >= 4 is 11.5 Å². The van der Waals surface area contributed by atoms with Crippen molar-refractivity contribution in [3.8, 4) is 11.8 Å². The molecule has 1 nitrogen and oxygen atoms in total. The molecule has 1 aromatic heterocycles. The van der Waals surface area contributed by atoms with Crippen LogP contribution in [0.25, 0.3) is 0 Å². The van der Waals surface area contributed by atoms with Gasteiger partial charge in [0.15, 0.2) is 0 Å². The Morgan fingerprint density at radius 3 is 3.10 bits per heavy atom. The Kier molecular flexibility index (Phi) is 2.98. The zero-order chi connectivity index (χ0) is 7.23. The lowest BCUT2D eigenvalue weighted by Gasteiger charge is -1.79. The van der Waals surface area contributed by atoms with Gasteiger partial charge < -0.3 is 0 Å². The molecule has 52 valence electrons. The van der Waals surface area contributed by atoms with E-state index in [9.17, 15) is 0 Å². The minimum Gasteiger partial charge on any atom is -0.201 e. The van der Waals surface area contributed by atoms with Gasteiger partial charge in [0.2, 0.25) is 0 Å². The molecule has 1 rings (SSSR count). The van der Waals surface area contributed by atoms with E-state index in [1.54, 1.807) is 0 Å². The highest BCUT2D eigenvalue weighted by Crippen LogP contribution is 2.00. The molecule has 0 unspecified atom stereocenters. The van der Waals surface area contributed by atoms with Crippen LogP contribution in [0.1, 0.15) is 18.9 Å². The van der Waals surface area contributed by atoms with Crippen LogP contribution in [0.3, 0.4) is 0 Å². The highest BCUT2D eigenvalue weighted by molar-refractivity contribution is 7.03. The second-order valence-electron chi connectivity index (χ2n) is 1.92. The van der Waals surface area contributed by atoms with Gasteiger partial charge in [0.1, 0.15) is 0 Å². The first-order chi connectivity index (χ1) is 4.93. The number of rotatable bonds is 1. The Labute approximate surface area is 65.3 Å². The monoisotopic (exact) mass is 151 g/mol. The fourth-order valence-electron chi connectivity index (χ4n) is 0.604. The average Bonchev–Trinajstić information content (AvgIpc) is 2.41. The lowest BCUT2D eigenvalue weighted by Crippen LogP contribution is -1.73. The van der Waals surface area contributed by atoms with E-state index in [1.807, 2.05) is 11.6 Å². The molecule has 0 aliphatic carbocycles. The normalized spacial score (nSPS) is 8.50. The number of aromatic nitrogens is 1. The van der Waals surface area contributed by atoms with Crippen molar-refractivity contribution in [1.82, 2.24) is 4.37 Å². The molecule has 0 N–H and O–H groups in total. The van der Waals surface area contributed by atoms with Crippen LogP contribution in [0.15, 0.2) is 11.6 Å². The van der Waals surface area contributed by atoms with Gasteiger partial charge in [-0.1, -0.05) is 12.8 Å². The second kappa shape index (κ2) is 4.08. The van der Waals surface area contributed by atoms with Gasteiger partial charge in [0.25, 0.3) is 0 Å². The molecule has 1 heterocycles. The summed E-state index contributed by atoms with van der Waals surface area (Å²) < 4.78 is 3.97. The fraction of sp³-hybridized carbons (Fsp3) is 0.375. The van der Waals surface area contributed by atoms with E-state index in [1.165, 1.54) is 17.1 Å². The van der Waals surface area contributed by atoms with Crippen LogP contribution in [0.5, 0.6) is 0 Å². The minimum absolute atomic E-state index is 0.852. The summed E-state index contributed by atoms with van der Waals surface area (Å²) in [6.07, 6.45) is 3.66. The maximum atomic E-state index is 3.97. The molecular formula is C8H9NS. The predicted octanol–water partition coefficient (Wildman–Crippen LogP) is 2.10. The van der Waals surface area contributed by atoms with Crippen LogP contribution in [0.2, 0.25) is 0 Å². The first-order valence-electron chi connectivity index (χ1n) is 3.27. The first-order valence-corrected chi connectivity index (χ1v) is 4.11. The van der Waals surface area contributed by atoms with Gasteiger partial charge in [-0.05, 0) is 17.1 Å². The summed E-state index contributed by atoms with van der Waals surface area (Å²) in [7, 11) is 0. The molecule has 0 aliphatic rings. The Balaban J connectivity index is 2.41. The highest BCUT2D eigenvalue weighted by Gasteiger charge is 1.87. The van der Waals surface area contributed by atoms with Gasteiger partial charge in [-0.25, -0.2) is 4.37 Å². The van der Waals surface area contributed by atoms with Crippen molar-refractivity contribution < 1.29 is 0 Å². The number of hydrogen-bond donors (Lipinski definition) is 0. The van der Waals surface area contributed by atoms with Gasteiger partial charge >= 0.3 is 0 Å². The van der Waals surface area contributed by atoms with Crippen LogP contribution in [-0.4, -0.2) is 4.37 Å². The quantitative estimate of drug-likeness (QED) is 0.560. The molecule has 0 aromatic carbocycles. The topological polar surface area (TPSA) is 12.9 Å². The number of nitrogens with zero attached hydrogens (tertiary/aromatic N) is 1.